The summed E-state index contributed by atoms with van der Waals surface area (Å²) in [6, 6.07) is 0. The summed E-state index contributed by atoms with van der Waals surface area (Å²) >= 11 is 0. The Bertz CT molecular complexity index is 183. The number of aliphatic hydroxyl groups is 1. The Morgan fingerprint density at radius 3 is 1.92 bits per heavy atom. The van der Waals surface area contributed by atoms with Crippen molar-refractivity contribution in [2.75, 3.05) is 13.1 Å². The third kappa shape index (κ3) is 1.62. The Labute approximate surface area is 80.9 Å². The van der Waals surface area contributed by atoms with E-state index in [4.69, 9.17) is 0 Å². The molecular formula is C11H21NO. The van der Waals surface area contributed by atoms with Crippen LogP contribution in [0.15, 0.2) is 0 Å². The van der Waals surface area contributed by atoms with Gasteiger partial charge in [-0.15, -0.1) is 0 Å². The van der Waals surface area contributed by atoms with Crippen LogP contribution in [0.4, 0.5) is 0 Å². The maximum Gasteiger partial charge on any atom is 0.0620 e. The van der Waals surface area contributed by atoms with Gasteiger partial charge in [0.15, 0.2) is 0 Å². The molecule has 1 heterocycles. The van der Waals surface area contributed by atoms with E-state index < -0.39 is 0 Å². The van der Waals surface area contributed by atoms with Gasteiger partial charge in [-0.05, 0) is 45.4 Å². The predicted octanol–water partition coefficient (Wildman–Crippen LogP) is 1.49. The summed E-state index contributed by atoms with van der Waals surface area (Å²) in [5, 5.41) is 9.87. The van der Waals surface area contributed by atoms with Gasteiger partial charge in [0, 0.05) is 18.6 Å². The van der Waals surface area contributed by atoms with Crippen LogP contribution in [0, 0.1) is 11.8 Å². The number of nitrogens with zero attached hydrogens (tertiary/aromatic N) is 1. The molecule has 1 aliphatic carbocycles. The summed E-state index contributed by atoms with van der Waals surface area (Å²) in [7, 11) is 0. The molecule has 2 aliphatic rings. The van der Waals surface area contributed by atoms with E-state index in [-0.39, 0.29) is 11.6 Å². The van der Waals surface area contributed by atoms with Crippen LogP contribution in [0.2, 0.25) is 0 Å². The monoisotopic (exact) mass is 183 g/mol. The molecule has 2 nitrogen and oxygen atoms in total. The predicted molar refractivity (Wildman–Crippen MR) is 53.5 cm³/mol. The van der Waals surface area contributed by atoms with Gasteiger partial charge in [0.05, 0.1) is 6.10 Å². The van der Waals surface area contributed by atoms with E-state index in [1.54, 1.807) is 0 Å². The minimum Gasteiger partial charge on any atom is -0.392 e. The van der Waals surface area contributed by atoms with Crippen molar-refractivity contribution in [3.63, 3.8) is 0 Å². The van der Waals surface area contributed by atoms with Crippen LogP contribution < -0.4 is 0 Å². The van der Waals surface area contributed by atoms with Gasteiger partial charge >= 0.3 is 0 Å². The van der Waals surface area contributed by atoms with Crippen molar-refractivity contribution < 1.29 is 5.11 Å². The van der Waals surface area contributed by atoms with Crippen LogP contribution in [0.3, 0.4) is 0 Å². The van der Waals surface area contributed by atoms with Gasteiger partial charge in [-0.3, -0.25) is 4.90 Å². The van der Waals surface area contributed by atoms with Crippen molar-refractivity contribution in [2.45, 2.75) is 45.3 Å². The molecule has 13 heavy (non-hydrogen) atoms. The van der Waals surface area contributed by atoms with Crippen molar-refractivity contribution in [1.82, 2.24) is 4.90 Å². The minimum atomic E-state index is -0.00130. The summed E-state index contributed by atoms with van der Waals surface area (Å²) in [6.07, 6.45) is 2.47. The fourth-order valence-corrected chi connectivity index (χ4v) is 2.74. The van der Waals surface area contributed by atoms with Crippen LogP contribution in [0.5, 0.6) is 0 Å². The third-order valence-corrected chi connectivity index (χ3v) is 3.73. The van der Waals surface area contributed by atoms with E-state index in [9.17, 15) is 5.11 Å². The zero-order valence-electron chi connectivity index (χ0n) is 8.95. The number of likely N-dealkylation sites (tertiary alicyclic amines) is 1. The van der Waals surface area contributed by atoms with Crippen molar-refractivity contribution in [3.05, 3.63) is 0 Å². The summed E-state index contributed by atoms with van der Waals surface area (Å²) in [6.45, 7) is 9.00. The van der Waals surface area contributed by atoms with Crippen molar-refractivity contribution >= 4 is 0 Å². The zero-order chi connectivity index (χ0) is 9.64. The molecule has 3 atom stereocenters. The van der Waals surface area contributed by atoms with Crippen LogP contribution >= 0.6 is 0 Å². The highest BCUT2D eigenvalue weighted by atomic mass is 16.3. The van der Waals surface area contributed by atoms with Crippen molar-refractivity contribution in [1.29, 1.82) is 0 Å². The van der Waals surface area contributed by atoms with Gasteiger partial charge in [0.25, 0.3) is 0 Å². The second-order valence-corrected chi connectivity index (χ2v) is 5.66. The highest BCUT2D eigenvalue weighted by Crippen LogP contribution is 2.38. The van der Waals surface area contributed by atoms with Gasteiger partial charge in [-0.1, -0.05) is 0 Å². The molecule has 1 unspecified atom stereocenters. The second-order valence-electron chi connectivity index (χ2n) is 5.66. The molecule has 0 aromatic heterocycles. The molecule has 0 aromatic carbocycles. The quantitative estimate of drug-likeness (QED) is 0.615. The number of piperidine rings is 1. The SMILES string of the molecule is CC(C)(C)N1C[C@H]2CC[C@@H](C1)C2O. The Balaban J connectivity index is 2.07. The molecule has 2 bridgehead atoms. The largest absolute Gasteiger partial charge is 0.392 e. The van der Waals surface area contributed by atoms with Gasteiger partial charge in [-0.25, -0.2) is 0 Å². The molecule has 76 valence electrons. The van der Waals surface area contributed by atoms with E-state index in [1.165, 1.54) is 12.8 Å². The molecule has 0 amide bonds. The summed E-state index contributed by atoms with van der Waals surface area (Å²) in [4.78, 5) is 2.53. The second kappa shape index (κ2) is 2.96. The number of fused-ring (bicyclic) bond motifs is 2. The summed E-state index contributed by atoms with van der Waals surface area (Å²) in [5.74, 6) is 1.11. The number of hydrogen-bond donors (Lipinski definition) is 1. The van der Waals surface area contributed by atoms with Crippen molar-refractivity contribution in [3.8, 4) is 0 Å². The van der Waals surface area contributed by atoms with Gasteiger partial charge < -0.3 is 5.11 Å². The lowest BCUT2D eigenvalue weighted by molar-refractivity contribution is -0.0171. The van der Waals surface area contributed by atoms with Gasteiger partial charge in [-0.2, -0.15) is 0 Å². The molecule has 0 radical (unpaired) electrons. The van der Waals surface area contributed by atoms with E-state index in [2.05, 4.69) is 25.7 Å². The average Bonchev–Trinajstić information content (AvgIpc) is 2.29. The van der Waals surface area contributed by atoms with E-state index in [0.717, 1.165) is 13.1 Å². The molecule has 1 N–H and O–H groups in total. The lowest BCUT2D eigenvalue weighted by Gasteiger charge is -2.43. The van der Waals surface area contributed by atoms with E-state index >= 15 is 0 Å². The molecule has 1 aliphatic heterocycles. The molecule has 2 rings (SSSR count). The number of aliphatic hydroxyl groups excluding tert-OH is 1. The fraction of sp³-hybridized carbons (Fsp3) is 1.00. The normalized spacial score (nSPS) is 41.1. The lowest BCUT2D eigenvalue weighted by Crippen LogP contribution is -2.52. The van der Waals surface area contributed by atoms with Crippen LogP contribution in [0.25, 0.3) is 0 Å². The van der Waals surface area contributed by atoms with Gasteiger partial charge in [0.2, 0.25) is 0 Å². The van der Waals surface area contributed by atoms with Gasteiger partial charge in [0.1, 0.15) is 0 Å². The third-order valence-electron chi connectivity index (χ3n) is 3.73. The Kier molecular flexibility index (Phi) is 2.16. The highest BCUT2D eigenvalue weighted by Gasteiger charge is 2.43. The molecule has 1 saturated heterocycles. The zero-order valence-corrected chi connectivity index (χ0v) is 8.95. The minimum absolute atomic E-state index is 0.00130. The first-order valence-electron chi connectivity index (χ1n) is 5.41. The first kappa shape index (κ1) is 9.47. The highest BCUT2D eigenvalue weighted by molar-refractivity contribution is 4.95. The first-order chi connectivity index (χ1) is 5.98. The Morgan fingerprint density at radius 1 is 1.08 bits per heavy atom. The lowest BCUT2D eigenvalue weighted by atomic mass is 9.91. The molecule has 1 saturated carbocycles. The maximum absolute atomic E-state index is 9.87. The maximum atomic E-state index is 9.87. The Hall–Kier alpha value is -0.0800. The molecule has 2 heteroatoms. The van der Waals surface area contributed by atoms with E-state index in [0.29, 0.717) is 11.8 Å². The molecule has 0 aromatic rings. The fourth-order valence-electron chi connectivity index (χ4n) is 2.74. The number of rotatable bonds is 0. The number of hydrogen-bond acceptors (Lipinski definition) is 2. The topological polar surface area (TPSA) is 23.5 Å². The van der Waals surface area contributed by atoms with Crippen LogP contribution in [-0.2, 0) is 0 Å². The molecule has 2 fully saturated rings. The molecular weight excluding hydrogens is 162 g/mol. The smallest absolute Gasteiger partial charge is 0.0620 e. The average molecular weight is 183 g/mol. The molecule has 0 spiro atoms. The Morgan fingerprint density at radius 2 is 1.54 bits per heavy atom. The standard InChI is InChI=1S/C11H21NO/c1-11(2,3)12-6-8-4-5-9(7-12)10(8)13/h8-10,13H,4-7H2,1-3H3/t8-,9+,10?. The van der Waals surface area contributed by atoms with Crippen molar-refractivity contribution in [2.24, 2.45) is 11.8 Å². The first-order valence-corrected chi connectivity index (χ1v) is 5.41. The summed E-state index contributed by atoms with van der Waals surface area (Å²) in [5.41, 5.74) is 0.279. The summed E-state index contributed by atoms with van der Waals surface area (Å²) < 4.78 is 0. The van der Waals surface area contributed by atoms with Crippen LogP contribution in [-0.4, -0.2) is 34.7 Å². The van der Waals surface area contributed by atoms with Crippen LogP contribution in [0.1, 0.15) is 33.6 Å². The van der Waals surface area contributed by atoms with E-state index in [1.807, 2.05) is 0 Å².